The minimum atomic E-state index is -2.59. The molecule has 1 aliphatic rings. The Hall–Kier alpha value is -0.730. The first kappa shape index (κ1) is 12.7. The molecule has 0 aliphatic heterocycles. The summed E-state index contributed by atoms with van der Waals surface area (Å²) in [5.74, 6) is -2.79. The summed E-state index contributed by atoms with van der Waals surface area (Å²) in [4.78, 5) is 11.4. The molecule has 0 saturated heterocycles. The van der Waals surface area contributed by atoms with Gasteiger partial charge in [0.15, 0.2) is 0 Å². The monoisotopic (exact) mass is 355 g/mol. The summed E-state index contributed by atoms with van der Waals surface area (Å²) in [6.07, 6.45) is 3.31. The summed E-state index contributed by atoms with van der Waals surface area (Å²) in [7, 11) is 0. The van der Waals surface area contributed by atoms with E-state index < -0.39 is 5.92 Å². The van der Waals surface area contributed by atoms with E-state index in [0.29, 0.717) is 6.54 Å². The van der Waals surface area contributed by atoms with Gasteiger partial charge in [-0.15, -0.1) is 0 Å². The Morgan fingerprint density at radius 3 is 2.88 bits per heavy atom. The van der Waals surface area contributed by atoms with Crippen molar-refractivity contribution >= 4 is 28.5 Å². The van der Waals surface area contributed by atoms with E-state index in [-0.39, 0.29) is 31.2 Å². The highest BCUT2D eigenvalue weighted by Gasteiger charge is 2.45. The van der Waals surface area contributed by atoms with Gasteiger partial charge < -0.3 is 5.32 Å². The molecule has 1 N–H and O–H groups in total. The van der Waals surface area contributed by atoms with E-state index in [1.165, 1.54) is 0 Å². The Labute approximate surface area is 111 Å². The average Bonchev–Trinajstić information content (AvgIpc) is 2.58. The number of hydrogen-bond donors (Lipinski definition) is 1. The molecular formula is C10H12F2IN3O. The van der Waals surface area contributed by atoms with Crippen molar-refractivity contribution in [1.29, 1.82) is 0 Å². The first-order valence-corrected chi connectivity index (χ1v) is 6.38. The normalized spacial score (nSPS) is 18.8. The number of nitrogens with zero attached hydrogens (tertiary/aromatic N) is 2. The third-order valence-electron chi connectivity index (χ3n) is 2.62. The second-order valence-corrected chi connectivity index (χ2v) is 5.45. The molecule has 0 spiro atoms. The second kappa shape index (κ2) is 4.87. The third kappa shape index (κ3) is 3.62. The van der Waals surface area contributed by atoms with E-state index in [9.17, 15) is 13.6 Å². The molecule has 1 aromatic rings. The van der Waals surface area contributed by atoms with Gasteiger partial charge in [-0.05, 0) is 22.6 Å². The van der Waals surface area contributed by atoms with Gasteiger partial charge >= 0.3 is 0 Å². The number of nitrogens with one attached hydrogen (secondary N) is 1. The lowest BCUT2D eigenvalue weighted by atomic mass is 9.88. The van der Waals surface area contributed by atoms with Crippen molar-refractivity contribution in [2.24, 2.45) is 0 Å². The van der Waals surface area contributed by atoms with Crippen LogP contribution >= 0.6 is 22.6 Å². The van der Waals surface area contributed by atoms with Crippen LogP contribution < -0.4 is 5.32 Å². The maximum atomic E-state index is 12.5. The summed E-state index contributed by atoms with van der Waals surface area (Å²) < 4.78 is 27.7. The molecule has 1 amide bonds. The zero-order valence-electron chi connectivity index (χ0n) is 9.00. The lowest BCUT2D eigenvalue weighted by Crippen LogP contribution is -2.50. The van der Waals surface area contributed by atoms with Gasteiger partial charge in [0.2, 0.25) is 5.91 Å². The molecule has 7 heteroatoms. The molecule has 1 heterocycles. The lowest BCUT2D eigenvalue weighted by Gasteiger charge is -2.35. The summed E-state index contributed by atoms with van der Waals surface area (Å²) in [5, 5.41) is 6.62. The maximum Gasteiger partial charge on any atom is 0.252 e. The van der Waals surface area contributed by atoms with Crippen molar-refractivity contribution in [2.45, 2.75) is 37.8 Å². The van der Waals surface area contributed by atoms with Crippen LogP contribution in [-0.4, -0.2) is 27.7 Å². The van der Waals surface area contributed by atoms with Crippen molar-refractivity contribution in [3.63, 3.8) is 0 Å². The van der Waals surface area contributed by atoms with E-state index in [0.717, 1.165) is 3.57 Å². The van der Waals surface area contributed by atoms with Crippen LogP contribution in [0.15, 0.2) is 12.4 Å². The largest absolute Gasteiger partial charge is 0.353 e. The first-order valence-electron chi connectivity index (χ1n) is 5.30. The molecule has 17 heavy (non-hydrogen) atoms. The Balaban J connectivity index is 1.68. The standard InChI is InChI=1S/C10H12F2IN3O/c11-10(12)3-8(4-10)15-9(17)1-2-16-6-7(13)5-14-16/h5-6,8H,1-4H2,(H,15,17). The van der Waals surface area contributed by atoms with Crippen LogP contribution in [0.5, 0.6) is 0 Å². The third-order valence-corrected chi connectivity index (χ3v) is 3.18. The van der Waals surface area contributed by atoms with Gasteiger partial charge in [-0.1, -0.05) is 0 Å². The molecular weight excluding hydrogens is 343 g/mol. The topological polar surface area (TPSA) is 46.9 Å². The molecule has 1 fully saturated rings. The van der Waals surface area contributed by atoms with Crippen LogP contribution in [0.3, 0.4) is 0 Å². The number of hydrogen-bond acceptors (Lipinski definition) is 2. The van der Waals surface area contributed by atoms with Crippen LogP contribution in [0.1, 0.15) is 19.3 Å². The van der Waals surface area contributed by atoms with Crippen LogP contribution in [0.25, 0.3) is 0 Å². The van der Waals surface area contributed by atoms with Crippen LogP contribution in [-0.2, 0) is 11.3 Å². The number of carbonyl (C=O) groups excluding carboxylic acids is 1. The quantitative estimate of drug-likeness (QED) is 0.838. The van der Waals surface area contributed by atoms with E-state index in [4.69, 9.17) is 0 Å². The summed E-state index contributed by atoms with van der Waals surface area (Å²) >= 11 is 2.13. The summed E-state index contributed by atoms with van der Waals surface area (Å²) in [6, 6.07) is -0.366. The number of carbonyl (C=O) groups is 1. The Kier molecular flexibility index (Phi) is 3.64. The molecule has 0 aromatic carbocycles. The van der Waals surface area contributed by atoms with Gasteiger partial charge in [0.25, 0.3) is 5.92 Å². The zero-order valence-corrected chi connectivity index (χ0v) is 11.2. The van der Waals surface area contributed by atoms with Gasteiger partial charge in [0.05, 0.1) is 9.77 Å². The number of alkyl halides is 2. The predicted octanol–water partition coefficient (Wildman–Crippen LogP) is 1.79. The number of aryl methyl sites for hydroxylation is 1. The van der Waals surface area contributed by atoms with Crippen LogP contribution in [0, 0.1) is 3.57 Å². The van der Waals surface area contributed by atoms with Gasteiger partial charge in [-0.3, -0.25) is 9.48 Å². The minimum Gasteiger partial charge on any atom is -0.353 e. The summed E-state index contributed by atoms with van der Waals surface area (Å²) in [5.41, 5.74) is 0. The Bertz CT molecular complexity index is 413. The number of halogens is 3. The zero-order chi connectivity index (χ0) is 12.5. The van der Waals surface area contributed by atoms with Crippen molar-refractivity contribution in [2.75, 3.05) is 0 Å². The van der Waals surface area contributed by atoms with Crippen LogP contribution in [0.2, 0.25) is 0 Å². The second-order valence-electron chi connectivity index (χ2n) is 4.20. The molecule has 1 saturated carbocycles. The van der Waals surface area contributed by atoms with Crippen LogP contribution in [0.4, 0.5) is 8.78 Å². The molecule has 1 aromatic heterocycles. The Morgan fingerprint density at radius 1 is 1.65 bits per heavy atom. The van der Waals surface area contributed by atoms with Crippen molar-refractivity contribution in [3.8, 4) is 0 Å². The van der Waals surface area contributed by atoms with Gasteiger partial charge in [-0.2, -0.15) is 5.10 Å². The SMILES string of the molecule is O=C(CCn1cc(I)cn1)NC1CC(F)(F)C1. The highest BCUT2D eigenvalue weighted by Crippen LogP contribution is 2.37. The lowest BCUT2D eigenvalue weighted by molar-refractivity contribution is -0.129. The smallest absolute Gasteiger partial charge is 0.252 e. The highest BCUT2D eigenvalue weighted by atomic mass is 127. The van der Waals surface area contributed by atoms with Gasteiger partial charge in [0, 0.05) is 38.0 Å². The maximum absolute atomic E-state index is 12.5. The average molecular weight is 355 g/mol. The fourth-order valence-corrected chi connectivity index (χ4v) is 2.19. The number of rotatable bonds is 4. The van der Waals surface area contributed by atoms with Crippen molar-refractivity contribution < 1.29 is 13.6 Å². The van der Waals surface area contributed by atoms with E-state index in [2.05, 4.69) is 33.0 Å². The van der Waals surface area contributed by atoms with Gasteiger partial charge in [-0.25, -0.2) is 8.78 Å². The summed E-state index contributed by atoms with van der Waals surface area (Å²) in [6.45, 7) is 0.470. The highest BCUT2D eigenvalue weighted by molar-refractivity contribution is 14.1. The molecule has 4 nitrogen and oxygen atoms in total. The first-order chi connectivity index (χ1) is 7.94. The van der Waals surface area contributed by atoms with E-state index in [1.54, 1.807) is 10.9 Å². The van der Waals surface area contributed by atoms with Crippen molar-refractivity contribution in [1.82, 2.24) is 15.1 Å². The minimum absolute atomic E-state index is 0.198. The molecule has 2 rings (SSSR count). The molecule has 0 unspecified atom stereocenters. The predicted molar refractivity (Wildman–Crippen MR) is 65.7 cm³/mol. The van der Waals surface area contributed by atoms with Crippen molar-refractivity contribution in [3.05, 3.63) is 16.0 Å². The number of aromatic nitrogens is 2. The fraction of sp³-hybridized carbons (Fsp3) is 0.600. The van der Waals surface area contributed by atoms with Gasteiger partial charge in [0.1, 0.15) is 0 Å². The molecule has 0 radical (unpaired) electrons. The van der Waals surface area contributed by atoms with E-state index >= 15 is 0 Å². The molecule has 94 valence electrons. The Morgan fingerprint density at radius 2 is 2.35 bits per heavy atom. The molecule has 1 aliphatic carbocycles. The molecule has 0 atom stereocenters. The fourth-order valence-electron chi connectivity index (χ4n) is 1.74. The number of amides is 1. The molecule has 0 bridgehead atoms. The van der Waals surface area contributed by atoms with E-state index in [1.807, 2.05) is 6.20 Å².